The van der Waals surface area contributed by atoms with Gasteiger partial charge in [0, 0.05) is 6.20 Å². The topological polar surface area (TPSA) is 33.2 Å². The van der Waals surface area contributed by atoms with Gasteiger partial charge in [0.15, 0.2) is 0 Å². The number of likely N-dealkylation sites (N-methyl/N-ethyl adjacent to an activating group) is 1. The summed E-state index contributed by atoms with van der Waals surface area (Å²) in [6.07, 6.45) is 2.63. The Morgan fingerprint density at radius 3 is 2.85 bits per heavy atom. The highest BCUT2D eigenvalue weighted by Crippen LogP contribution is 2.12. The monoisotopic (exact) mass is 178 g/mol. The number of carbonyl (C=O) groups excluding carboxylic acids is 1. The lowest BCUT2D eigenvalue weighted by molar-refractivity contribution is -0.112. The quantitative estimate of drug-likeness (QED) is 0.651. The number of rotatable bonds is 4. The Hall–Kier alpha value is -1.22. The van der Waals surface area contributed by atoms with E-state index in [2.05, 4.69) is 4.98 Å². The second kappa shape index (κ2) is 4.72. The number of hydrogen-bond donors (Lipinski definition) is 0. The van der Waals surface area contributed by atoms with Crippen LogP contribution in [0.1, 0.15) is 18.7 Å². The zero-order valence-electron chi connectivity index (χ0n) is 7.97. The minimum Gasteiger partial charge on any atom is -0.301 e. The molecule has 0 saturated carbocycles. The van der Waals surface area contributed by atoms with Gasteiger partial charge in [0.05, 0.1) is 5.69 Å². The van der Waals surface area contributed by atoms with Crippen molar-refractivity contribution in [2.75, 3.05) is 13.6 Å². The van der Waals surface area contributed by atoms with Crippen molar-refractivity contribution in [2.45, 2.75) is 13.0 Å². The van der Waals surface area contributed by atoms with Crippen molar-refractivity contribution in [3.63, 3.8) is 0 Å². The molecule has 0 aliphatic rings. The normalized spacial score (nSPS) is 12.8. The molecule has 1 aromatic heterocycles. The van der Waals surface area contributed by atoms with Crippen LogP contribution in [0.2, 0.25) is 0 Å². The first-order valence-corrected chi connectivity index (χ1v) is 4.36. The Labute approximate surface area is 78.4 Å². The zero-order valence-corrected chi connectivity index (χ0v) is 7.97. The molecule has 0 aromatic carbocycles. The molecule has 0 spiro atoms. The summed E-state index contributed by atoms with van der Waals surface area (Å²) in [6, 6.07) is 5.39. The van der Waals surface area contributed by atoms with E-state index in [-0.39, 0.29) is 6.04 Å². The minimum atomic E-state index is -0.216. The van der Waals surface area contributed by atoms with E-state index in [1.54, 1.807) is 6.20 Å². The van der Waals surface area contributed by atoms with Crippen LogP contribution in [0.4, 0.5) is 0 Å². The minimum absolute atomic E-state index is 0.216. The van der Waals surface area contributed by atoms with Gasteiger partial charge in [-0.1, -0.05) is 13.0 Å². The summed E-state index contributed by atoms with van der Waals surface area (Å²) >= 11 is 0. The van der Waals surface area contributed by atoms with Crippen molar-refractivity contribution >= 4 is 6.29 Å². The molecule has 1 unspecified atom stereocenters. The Morgan fingerprint density at radius 2 is 2.38 bits per heavy atom. The molecule has 13 heavy (non-hydrogen) atoms. The fourth-order valence-electron chi connectivity index (χ4n) is 1.15. The second-order valence-corrected chi connectivity index (χ2v) is 2.91. The average molecular weight is 178 g/mol. The lowest BCUT2D eigenvalue weighted by atomic mass is 10.2. The molecule has 1 rings (SSSR count). The predicted octanol–water partition coefficient (Wildman–Crippen LogP) is 1.27. The number of aromatic nitrogens is 1. The maximum Gasteiger partial charge on any atom is 0.143 e. The first-order chi connectivity index (χ1) is 6.29. The first-order valence-electron chi connectivity index (χ1n) is 4.36. The van der Waals surface area contributed by atoms with Crippen molar-refractivity contribution in [3.8, 4) is 0 Å². The summed E-state index contributed by atoms with van der Waals surface area (Å²) in [4.78, 5) is 16.9. The molecular formula is C10H14N2O. The maximum atomic E-state index is 10.8. The molecule has 0 fully saturated rings. The Bertz CT molecular complexity index is 261. The molecule has 70 valence electrons. The third-order valence-electron chi connectivity index (χ3n) is 2.09. The van der Waals surface area contributed by atoms with Crippen LogP contribution >= 0.6 is 0 Å². The second-order valence-electron chi connectivity index (χ2n) is 2.91. The van der Waals surface area contributed by atoms with Gasteiger partial charge in [-0.05, 0) is 25.7 Å². The van der Waals surface area contributed by atoms with Gasteiger partial charge in [-0.2, -0.15) is 0 Å². The molecule has 1 aromatic rings. The molecule has 1 atom stereocenters. The van der Waals surface area contributed by atoms with Crippen LogP contribution in [0, 0.1) is 0 Å². The summed E-state index contributed by atoms with van der Waals surface area (Å²) in [5.74, 6) is 0. The van der Waals surface area contributed by atoms with Crippen LogP contribution in [0.3, 0.4) is 0 Å². The molecule has 3 heteroatoms. The first kappa shape index (κ1) is 9.86. The van der Waals surface area contributed by atoms with E-state index in [0.717, 1.165) is 18.5 Å². The fourth-order valence-corrected chi connectivity index (χ4v) is 1.15. The third-order valence-corrected chi connectivity index (χ3v) is 2.09. The Kier molecular flexibility index (Phi) is 3.58. The average Bonchev–Trinajstić information content (AvgIpc) is 2.20. The summed E-state index contributed by atoms with van der Waals surface area (Å²) in [5, 5.41) is 0. The van der Waals surface area contributed by atoms with E-state index in [1.807, 2.05) is 37.1 Å². The van der Waals surface area contributed by atoms with Crippen molar-refractivity contribution in [1.82, 2.24) is 9.88 Å². The van der Waals surface area contributed by atoms with E-state index in [1.165, 1.54) is 0 Å². The zero-order chi connectivity index (χ0) is 9.68. The lowest BCUT2D eigenvalue weighted by Crippen LogP contribution is -2.25. The molecule has 1 heterocycles. The van der Waals surface area contributed by atoms with Crippen LogP contribution in [-0.2, 0) is 4.79 Å². The van der Waals surface area contributed by atoms with Gasteiger partial charge in [0.1, 0.15) is 12.3 Å². The van der Waals surface area contributed by atoms with Crippen LogP contribution in [-0.4, -0.2) is 29.8 Å². The number of hydrogen-bond acceptors (Lipinski definition) is 3. The van der Waals surface area contributed by atoms with Crippen molar-refractivity contribution in [1.29, 1.82) is 0 Å². The summed E-state index contributed by atoms with van der Waals surface area (Å²) < 4.78 is 0. The van der Waals surface area contributed by atoms with E-state index in [0.29, 0.717) is 0 Å². The molecular weight excluding hydrogens is 164 g/mol. The standard InChI is InChI=1S/C10H14N2O/c1-3-12(2)10(8-13)9-6-4-5-7-11-9/h4-8,10H,3H2,1-2H3. The highest BCUT2D eigenvalue weighted by atomic mass is 16.1. The van der Waals surface area contributed by atoms with E-state index < -0.39 is 0 Å². The van der Waals surface area contributed by atoms with Gasteiger partial charge in [-0.15, -0.1) is 0 Å². The van der Waals surface area contributed by atoms with Gasteiger partial charge in [-0.3, -0.25) is 9.88 Å². The summed E-state index contributed by atoms with van der Waals surface area (Å²) in [7, 11) is 1.91. The predicted molar refractivity (Wildman–Crippen MR) is 51.3 cm³/mol. The maximum absolute atomic E-state index is 10.8. The number of nitrogens with zero attached hydrogens (tertiary/aromatic N) is 2. The number of aldehydes is 1. The van der Waals surface area contributed by atoms with Gasteiger partial charge in [0.25, 0.3) is 0 Å². The lowest BCUT2D eigenvalue weighted by Gasteiger charge is -2.20. The molecule has 0 aliphatic heterocycles. The van der Waals surface area contributed by atoms with Crippen molar-refractivity contribution < 1.29 is 4.79 Å². The summed E-state index contributed by atoms with van der Waals surface area (Å²) in [5.41, 5.74) is 0.807. The smallest absolute Gasteiger partial charge is 0.143 e. The fraction of sp³-hybridized carbons (Fsp3) is 0.400. The summed E-state index contributed by atoms with van der Waals surface area (Å²) in [6.45, 7) is 2.85. The molecule has 0 N–H and O–H groups in total. The molecule has 0 radical (unpaired) electrons. The molecule has 0 saturated heterocycles. The van der Waals surface area contributed by atoms with Gasteiger partial charge in [0.2, 0.25) is 0 Å². The largest absolute Gasteiger partial charge is 0.301 e. The molecule has 0 bridgehead atoms. The number of carbonyl (C=O) groups is 1. The van der Waals surface area contributed by atoms with Crippen molar-refractivity contribution in [2.24, 2.45) is 0 Å². The Morgan fingerprint density at radius 1 is 1.62 bits per heavy atom. The van der Waals surface area contributed by atoms with Crippen LogP contribution in [0.5, 0.6) is 0 Å². The van der Waals surface area contributed by atoms with E-state index >= 15 is 0 Å². The molecule has 0 aliphatic carbocycles. The highest BCUT2D eigenvalue weighted by molar-refractivity contribution is 5.60. The molecule has 3 nitrogen and oxygen atoms in total. The third kappa shape index (κ3) is 2.36. The highest BCUT2D eigenvalue weighted by Gasteiger charge is 2.14. The Balaban J connectivity index is 2.84. The number of pyridine rings is 1. The van der Waals surface area contributed by atoms with Crippen LogP contribution in [0.15, 0.2) is 24.4 Å². The molecule has 0 amide bonds. The van der Waals surface area contributed by atoms with Crippen LogP contribution in [0.25, 0.3) is 0 Å². The van der Waals surface area contributed by atoms with E-state index in [4.69, 9.17) is 0 Å². The van der Waals surface area contributed by atoms with Crippen LogP contribution < -0.4 is 0 Å². The van der Waals surface area contributed by atoms with Gasteiger partial charge >= 0.3 is 0 Å². The van der Waals surface area contributed by atoms with Gasteiger partial charge in [-0.25, -0.2) is 0 Å². The van der Waals surface area contributed by atoms with Crippen molar-refractivity contribution in [3.05, 3.63) is 30.1 Å². The van der Waals surface area contributed by atoms with E-state index in [9.17, 15) is 4.79 Å². The SMILES string of the molecule is CCN(C)C(C=O)c1ccccn1. The van der Waals surface area contributed by atoms with Gasteiger partial charge < -0.3 is 4.79 Å².